The maximum atomic E-state index is 12.8. The van der Waals surface area contributed by atoms with Gasteiger partial charge < -0.3 is 10.1 Å². The summed E-state index contributed by atoms with van der Waals surface area (Å²) in [6, 6.07) is 3.55. The minimum absolute atomic E-state index is 0.417. The van der Waals surface area contributed by atoms with Crippen molar-refractivity contribution in [2.45, 2.75) is 25.2 Å². The monoisotopic (exact) mass is 298 g/mol. The molecule has 1 aromatic rings. The molecule has 1 aromatic carbocycles. The average Bonchev–Trinajstić information content (AvgIpc) is 2.66. The number of sulfonamides is 1. The van der Waals surface area contributed by atoms with Gasteiger partial charge in [-0.25, -0.2) is 8.42 Å². The molecule has 0 aromatic heterocycles. The second-order valence-electron chi connectivity index (χ2n) is 5.10. The van der Waals surface area contributed by atoms with Gasteiger partial charge in [0.1, 0.15) is 5.75 Å². The quantitative estimate of drug-likeness (QED) is 0.914. The highest BCUT2D eigenvalue weighted by molar-refractivity contribution is 7.89. The number of ether oxygens (including phenoxy) is 1. The van der Waals surface area contributed by atoms with E-state index >= 15 is 0 Å². The van der Waals surface area contributed by atoms with E-state index in [9.17, 15) is 8.42 Å². The number of rotatable bonds is 3. The van der Waals surface area contributed by atoms with Crippen LogP contribution in [0.3, 0.4) is 0 Å². The van der Waals surface area contributed by atoms with Crippen molar-refractivity contribution in [1.82, 2.24) is 9.62 Å². The number of nitrogens with one attached hydrogen (secondary N) is 1. The van der Waals surface area contributed by atoms with Gasteiger partial charge in [-0.15, -0.1) is 0 Å². The van der Waals surface area contributed by atoms with Crippen LogP contribution in [0.1, 0.15) is 17.5 Å². The number of nitrogens with zero attached hydrogens (tertiary/aromatic N) is 1. The van der Waals surface area contributed by atoms with Crippen molar-refractivity contribution in [3.63, 3.8) is 0 Å². The summed E-state index contributed by atoms with van der Waals surface area (Å²) in [5, 5.41) is 3.22. The van der Waals surface area contributed by atoms with Crippen molar-refractivity contribution >= 4 is 10.0 Å². The van der Waals surface area contributed by atoms with Crippen molar-refractivity contribution in [2.75, 3.05) is 33.3 Å². The maximum absolute atomic E-state index is 12.8. The number of aryl methyl sites for hydroxylation is 2. The first kappa shape index (κ1) is 15.3. The summed E-state index contributed by atoms with van der Waals surface area (Å²) in [6.45, 7) is 6.30. The first-order valence-corrected chi connectivity index (χ1v) is 8.27. The van der Waals surface area contributed by atoms with Crippen LogP contribution in [0.15, 0.2) is 17.0 Å². The fraction of sp³-hybridized carbons (Fsp3) is 0.571. The second-order valence-corrected chi connectivity index (χ2v) is 6.97. The summed E-state index contributed by atoms with van der Waals surface area (Å²) in [4.78, 5) is 0.417. The van der Waals surface area contributed by atoms with Crippen LogP contribution in [0.25, 0.3) is 0 Å². The van der Waals surface area contributed by atoms with Crippen LogP contribution in [0.4, 0.5) is 0 Å². The molecule has 1 saturated heterocycles. The molecule has 0 unspecified atom stereocenters. The number of hydrogen-bond donors (Lipinski definition) is 1. The van der Waals surface area contributed by atoms with E-state index in [1.54, 1.807) is 23.5 Å². The fourth-order valence-electron chi connectivity index (χ4n) is 2.63. The van der Waals surface area contributed by atoms with E-state index < -0.39 is 10.0 Å². The zero-order valence-corrected chi connectivity index (χ0v) is 13.1. The van der Waals surface area contributed by atoms with Crippen molar-refractivity contribution in [2.24, 2.45) is 0 Å². The second kappa shape index (κ2) is 6.11. The zero-order valence-electron chi connectivity index (χ0n) is 12.3. The van der Waals surface area contributed by atoms with Crippen LogP contribution in [-0.4, -0.2) is 46.0 Å². The van der Waals surface area contributed by atoms with Crippen LogP contribution in [0.5, 0.6) is 5.75 Å². The molecule has 1 heterocycles. The van der Waals surface area contributed by atoms with Gasteiger partial charge in [-0.1, -0.05) is 0 Å². The Bertz CT molecular complexity index is 553. The maximum Gasteiger partial charge on any atom is 0.243 e. The molecule has 5 nitrogen and oxygen atoms in total. The highest BCUT2D eigenvalue weighted by Gasteiger charge is 2.28. The van der Waals surface area contributed by atoms with Crippen LogP contribution in [0.2, 0.25) is 0 Å². The van der Waals surface area contributed by atoms with E-state index in [0.717, 1.165) is 24.1 Å². The zero-order chi connectivity index (χ0) is 14.8. The van der Waals surface area contributed by atoms with Crippen LogP contribution >= 0.6 is 0 Å². The van der Waals surface area contributed by atoms with E-state index in [1.165, 1.54) is 0 Å². The van der Waals surface area contributed by atoms with E-state index in [2.05, 4.69) is 5.32 Å². The lowest BCUT2D eigenvalue weighted by molar-refractivity contribution is 0.412. The Hall–Kier alpha value is -1.11. The molecule has 20 heavy (non-hydrogen) atoms. The molecule has 0 aliphatic carbocycles. The molecule has 0 spiro atoms. The SMILES string of the molecule is COc1cc(C)c(S(=O)(=O)N2CCCNCC2)c(C)c1. The summed E-state index contributed by atoms with van der Waals surface area (Å²) in [5.74, 6) is 0.691. The third-order valence-electron chi connectivity index (χ3n) is 3.57. The third kappa shape index (κ3) is 2.97. The molecule has 0 radical (unpaired) electrons. The van der Waals surface area contributed by atoms with Crippen molar-refractivity contribution in [3.8, 4) is 5.75 Å². The highest BCUT2D eigenvalue weighted by atomic mass is 32.2. The van der Waals surface area contributed by atoms with Gasteiger partial charge in [-0.2, -0.15) is 4.31 Å². The van der Waals surface area contributed by atoms with Crippen molar-refractivity contribution in [3.05, 3.63) is 23.3 Å². The van der Waals surface area contributed by atoms with E-state index in [4.69, 9.17) is 4.74 Å². The van der Waals surface area contributed by atoms with Gasteiger partial charge in [0, 0.05) is 19.6 Å². The first-order valence-electron chi connectivity index (χ1n) is 6.83. The molecule has 0 amide bonds. The molecule has 6 heteroatoms. The van der Waals surface area contributed by atoms with Gasteiger partial charge in [0.25, 0.3) is 0 Å². The average molecular weight is 298 g/mol. The Morgan fingerprint density at radius 1 is 1.15 bits per heavy atom. The Morgan fingerprint density at radius 2 is 1.80 bits per heavy atom. The molecule has 1 aliphatic rings. The topological polar surface area (TPSA) is 58.6 Å². The lowest BCUT2D eigenvalue weighted by Gasteiger charge is -2.22. The molecule has 1 fully saturated rings. The molecule has 112 valence electrons. The highest BCUT2D eigenvalue weighted by Crippen LogP contribution is 2.28. The number of methoxy groups -OCH3 is 1. The van der Waals surface area contributed by atoms with E-state index in [1.807, 2.05) is 13.8 Å². The lowest BCUT2D eigenvalue weighted by atomic mass is 10.1. The van der Waals surface area contributed by atoms with Gasteiger partial charge >= 0.3 is 0 Å². The molecule has 2 rings (SSSR count). The number of hydrogen-bond acceptors (Lipinski definition) is 4. The molecule has 0 saturated carbocycles. The molecule has 1 N–H and O–H groups in total. The first-order chi connectivity index (χ1) is 9.46. The van der Waals surface area contributed by atoms with Gasteiger partial charge in [0.15, 0.2) is 0 Å². The Balaban J connectivity index is 2.43. The van der Waals surface area contributed by atoms with Gasteiger partial charge in [-0.3, -0.25) is 0 Å². The van der Waals surface area contributed by atoms with Gasteiger partial charge in [0.2, 0.25) is 10.0 Å². The number of benzene rings is 1. The van der Waals surface area contributed by atoms with Crippen molar-refractivity contribution < 1.29 is 13.2 Å². The summed E-state index contributed by atoms with van der Waals surface area (Å²) in [7, 11) is -1.85. The summed E-state index contributed by atoms with van der Waals surface area (Å²) in [5.41, 5.74) is 1.47. The minimum atomic E-state index is -3.43. The smallest absolute Gasteiger partial charge is 0.243 e. The molecular formula is C14H22N2O3S. The molecule has 0 bridgehead atoms. The minimum Gasteiger partial charge on any atom is -0.497 e. The van der Waals surface area contributed by atoms with Gasteiger partial charge in [-0.05, 0) is 50.1 Å². The Labute approximate surface area is 121 Å². The van der Waals surface area contributed by atoms with Crippen LogP contribution in [0, 0.1) is 13.8 Å². The van der Waals surface area contributed by atoms with E-state index in [0.29, 0.717) is 30.3 Å². The predicted octanol–water partition coefficient (Wildman–Crippen LogP) is 1.30. The summed E-state index contributed by atoms with van der Waals surface area (Å²) >= 11 is 0. The Morgan fingerprint density at radius 3 is 2.40 bits per heavy atom. The normalized spacial score (nSPS) is 17.8. The summed E-state index contributed by atoms with van der Waals surface area (Å²) in [6.07, 6.45) is 0.841. The largest absolute Gasteiger partial charge is 0.497 e. The molecular weight excluding hydrogens is 276 g/mol. The Kier molecular flexibility index (Phi) is 4.67. The predicted molar refractivity (Wildman–Crippen MR) is 78.7 cm³/mol. The standard InChI is InChI=1S/C14H22N2O3S/c1-11-9-13(19-3)10-12(2)14(11)20(17,18)16-7-4-5-15-6-8-16/h9-10,15H,4-8H2,1-3H3. The van der Waals surface area contributed by atoms with Gasteiger partial charge in [0.05, 0.1) is 12.0 Å². The van der Waals surface area contributed by atoms with Crippen LogP contribution < -0.4 is 10.1 Å². The van der Waals surface area contributed by atoms with Crippen molar-refractivity contribution in [1.29, 1.82) is 0 Å². The lowest BCUT2D eigenvalue weighted by Crippen LogP contribution is -2.35. The fourth-order valence-corrected chi connectivity index (χ4v) is 4.52. The molecule has 1 aliphatic heterocycles. The summed E-state index contributed by atoms with van der Waals surface area (Å²) < 4.78 is 32.4. The van der Waals surface area contributed by atoms with Crippen LogP contribution in [-0.2, 0) is 10.0 Å². The molecule has 0 atom stereocenters. The third-order valence-corrected chi connectivity index (χ3v) is 5.77. The van der Waals surface area contributed by atoms with E-state index in [-0.39, 0.29) is 0 Å².